The molecule has 164 valence electrons. The van der Waals surface area contributed by atoms with Gasteiger partial charge in [0.05, 0.1) is 6.04 Å². The van der Waals surface area contributed by atoms with E-state index in [-0.39, 0.29) is 6.04 Å². The third kappa shape index (κ3) is 5.07. The lowest BCUT2D eigenvalue weighted by atomic mass is 9.96. The van der Waals surface area contributed by atoms with Crippen molar-refractivity contribution in [2.24, 2.45) is 0 Å². The van der Waals surface area contributed by atoms with Crippen LogP contribution in [0, 0.1) is 6.92 Å². The fourth-order valence-corrected chi connectivity index (χ4v) is 4.70. The molecule has 0 saturated carbocycles. The highest BCUT2D eigenvalue weighted by molar-refractivity contribution is 6.39. The summed E-state index contributed by atoms with van der Waals surface area (Å²) in [5.41, 5.74) is 5.56. The third-order valence-electron chi connectivity index (χ3n) is 6.36. The standard InChI is InChI=1S/C25H32N4O2/c1-18-7-5-9-21(15-18)27-25(31)24(30)26-17-23(29-13-3-4-14-29)20-10-11-22-19(16-20)8-6-12-28(22)2/h5,7,9-11,15-16,23H,3-4,6,8,12-14,17H2,1-2H3,(H,26,30)(H,27,31)/t23-/m0/s1. The minimum Gasteiger partial charge on any atom is -0.374 e. The molecule has 2 heterocycles. The van der Waals surface area contributed by atoms with Gasteiger partial charge < -0.3 is 15.5 Å². The van der Waals surface area contributed by atoms with Crippen LogP contribution in [0.1, 0.15) is 42.0 Å². The number of fused-ring (bicyclic) bond motifs is 1. The number of amides is 2. The normalized spacial score (nSPS) is 17.2. The van der Waals surface area contributed by atoms with E-state index in [1.54, 1.807) is 6.07 Å². The molecule has 2 aliphatic heterocycles. The van der Waals surface area contributed by atoms with E-state index in [2.05, 4.69) is 45.7 Å². The van der Waals surface area contributed by atoms with Crippen LogP contribution in [0.5, 0.6) is 0 Å². The minimum absolute atomic E-state index is 0.0794. The molecule has 4 rings (SSSR count). The van der Waals surface area contributed by atoms with Gasteiger partial charge in [-0.3, -0.25) is 14.5 Å². The molecule has 2 aromatic rings. The first kappa shape index (κ1) is 21.4. The van der Waals surface area contributed by atoms with Crippen molar-refractivity contribution in [3.63, 3.8) is 0 Å². The van der Waals surface area contributed by atoms with Gasteiger partial charge in [-0.05, 0) is 80.6 Å². The highest BCUT2D eigenvalue weighted by Crippen LogP contribution is 2.31. The Labute approximate surface area is 184 Å². The molecule has 0 radical (unpaired) electrons. The number of carbonyl (C=O) groups excluding carboxylic acids is 2. The Balaban J connectivity index is 1.45. The van der Waals surface area contributed by atoms with Crippen LogP contribution in [-0.2, 0) is 16.0 Å². The lowest BCUT2D eigenvalue weighted by molar-refractivity contribution is -0.136. The molecule has 6 heteroatoms. The van der Waals surface area contributed by atoms with E-state index in [1.165, 1.54) is 29.7 Å². The van der Waals surface area contributed by atoms with Crippen LogP contribution < -0.4 is 15.5 Å². The number of rotatable bonds is 5. The second kappa shape index (κ2) is 9.52. The van der Waals surface area contributed by atoms with Crippen molar-refractivity contribution in [2.45, 2.75) is 38.6 Å². The molecule has 2 amide bonds. The Morgan fingerprint density at radius 2 is 1.81 bits per heavy atom. The Morgan fingerprint density at radius 3 is 2.58 bits per heavy atom. The number of aryl methyl sites for hydroxylation is 2. The second-order valence-electron chi connectivity index (χ2n) is 8.71. The molecule has 0 aliphatic carbocycles. The number of likely N-dealkylation sites (tertiary alicyclic amines) is 1. The maximum Gasteiger partial charge on any atom is 0.313 e. The van der Waals surface area contributed by atoms with Crippen LogP contribution in [-0.4, -0.2) is 49.9 Å². The van der Waals surface area contributed by atoms with Crippen molar-refractivity contribution in [3.8, 4) is 0 Å². The summed E-state index contributed by atoms with van der Waals surface area (Å²) in [7, 11) is 2.14. The molecular formula is C25H32N4O2. The van der Waals surface area contributed by atoms with E-state index >= 15 is 0 Å². The number of hydrogen-bond donors (Lipinski definition) is 2. The zero-order valence-electron chi connectivity index (χ0n) is 18.5. The van der Waals surface area contributed by atoms with Gasteiger partial charge in [0, 0.05) is 31.5 Å². The molecule has 0 unspecified atom stereocenters. The van der Waals surface area contributed by atoms with Crippen molar-refractivity contribution < 1.29 is 9.59 Å². The number of benzene rings is 2. The Kier molecular flexibility index (Phi) is 6.56. The minimum atomic E-state index is -0.627. The molecule has 0 aromatic heterocycles. The molecular weight excluding hydrogens is 388 g/mol. The van der Waals surface area contributed by atoms with Crippen molar-refractivity contribution in [1.82, 2.24) is 10.2 Å². The SMILES string of the molecule is Cc1cccc(NC(=O)C(=O)NC[C@@H](c2ccc3c(c2)CCCN3C)N2CCCC2)c1. The third-order valence-corrected chi connectivity index (χ3v) is 6.36. The van der Waals surface area contributed by atoms with E-state index in [0.29, 0.717) is 12.2 Å². The number of anilines is 2. The van der Waals surface area contributed by atoms with E-state index in [4.69, 9.17) is 0 Å². The summed E-state index contributed by atoms with van der Waals surface area (Å²) in [6, 6.07) is 14.2. The topological polar surface area (TPSA) is 64.7 Å². The van der Waals surface area contributed by atoms with Crippen molar-refractivity contribution in [2.75, 3.05) is 43.4 Å². The maximum atomic E-state index is 12.5. The zero-order chi connectivity index (χ0) is 21.8. The van der Waals surface area contributed by atoms with Crippen molar-refractivity contribution in [1.29, 1.82) is 0 Å². The summed E-state index contributed by atoms with van der Waals surface area (Å²) in [4.78, 5) is 29.6. The summed E-state index contributed by atoms with van der Waals surface area (Å²) in [6.45, 7) is 5.51. The van der Waals surface area contributed by atoms with E-state index in [9.17, 15) is 9.59 Å². The molecule has 1 fully saturated rings. The quantitative estimate of drug-likeness (QED) is 0.729. The molecule has 2 N–H and O–H groups in total. The summed E-state index contributed by atoms with van der Waals surface area (Å²) in [5.74, 6) is -1.22. The molecule has 0 bridgehead atoms. The van der Waals surface area contributed by atoms with Gasteiger partial charge in [0.25, 0.3) is 0 Å². The predicted molar refractivity (Wildman–Crippen MR) is 124 cm³/mol. The smallest absolute Gasteiger partial charge is 0.313 e. The molecule has 2 aliphatic rings. The highest BCUT2D eigenvalue weighted by atomic mass is 16.2. The van der Waals surface area contributed by atoms with Crippen LogP contribution in [0.4, 0.5) is 11.4 Å². The molecule has 6 nitrogen and oxygen atoms in total. The van der Waals surface area contributed by atoms with Crippen LogP contribution in [0.25, 0.3) is 0 Å². The maximum absolute atomic E-state index is 12.5. The largest absolute Gasteiger partial charge is 0.374 e. The van der Waals surface area contributed by atoms with Gasteiger partial charge in [0.1, 0.15) is 0 Å². The number of hydrogen-bond acceptors (Lipinski definition) is 4. The summed E-state index contributed by atoms with van der Waals surface area (Å²) in [6.07, 6.45) is 4.60. The fourth-order valence-electron chi connectivity index (χ4n) is 4.70. The first-order valence-corrected chi connectivity index (χ1v) is 11.2. The van der Waals surface area contributed by atoms with Gasteiger partial charge in [0.15, 0.2) is 0 Å². The molecule has 1 atom stereocenters. The summed E-state index contributed by atoms with van der Waals surface area (Å²) >= 11 is 0. The first-order chi connectivity index (χ1) is 15.0. The Bertz CT molecular complexity index is 952. The lowest BCUT2D eigenvalue weighted by Crippen LogP contribution is -2.41. The number of nitrogens with one attached hydrogen (secondary N) is 2. The zero-order valence-corrected chi connectivity index (χ0v) is 18.5. The molecule has 2 aromatic carbocycles. The van der Waals surface area contributed by atoms with Crippen molar-refractivity contribution in [3.05, 3.63) is 59.2 Å². The number of nitrogens with zero attached hydrogens (tertiary/aromatic N) is 2. The monoisotopic (exact) mass is 420 g/mol. The lowest BCUT2D eigenvalue weighted by Gasteiger charge is -2.31. The summed E-state index contributed by atoms with van der Waals surface area (Å²) < 4.78 is 0. The first-order valence-electron chi connectivity index (χ1n) is 11.2. The van der Waals surface area contributed by atoms with Gasteiger partial charge in [-0.2, -0.15) is 0 Å². The summed E-state index contributed by atoms with van der Waals surface area (Å²) in [5, 5.41) is 5.57. The second-order valence-corrected chi connectivity index (χ2v) is 8.71. The molecule has 1 saturated heterocycles. The van der Waals surface area contributed by atoms with E-state index in [0.717, 1.165) is 38.0 Å². The van der Waals surface area contributed by atoms with Gasteiger partial charge in [-0.15, -0.1) is 0 Å². The van der Waals surface area contributed by atoms with Gasteiger partial charge in [-0.25, -0.2) is 0 Å². The van der Waals surface area contributed by atoms with Gasteiger partial charge in [0.2, 0.25) is 0 Å². The average molecular weight is 421 g/mol. The van der Waals surface area contributed by atoms with Gasteiger partial charge >= 0.3 is 11.8 Å². The Morgan fingerprint density at radius 1 is 1.00 bits per heavy atom. The molecule has 31 heavy (non-hydrogen) atoms. The highest BCUT2D eigenvalue weighted by Gasteiger charge is 2.26. The average Bonchev–Trinajstić information content (AvgIpc) is 3.28. The van der Waals surface area contributed by atoms with E-state index in [1.807, 2.05) is 25.1 Å². The molecule has 0 spiro atoms. The van der Waals surface area contributed by atoms with E-state index < -0.39 is 11.8 Å². The van der Waals surface area contributed by atoms with Crippen molar-refractivity contribution >= 4 is 23.2 Å². The Hall–Kier alpha value is -2.86. The van der Waals surface area contributed by atoms with Crippen LogP contribution >= 0.6 is 0 Å². The van der Waals surface area contributed by atoms with Crippen LogP contribution in [0.3, 0.4) is 0 Å². The predicted octanol–water partition coefficient (Wildman–Crippen LogP) is 3.27. The van der Waals surface area contributed by atoms with Gasteiger partial charge in [-0.1, -0.05) is 24.3 Å². The van der Waals surface area contributed by atoms with Crippen LogP contribution in [0.2, 0.25) is 0 Å². The fraction of sp³-hybridized carbons (Fsp3) is 0.440. The number of carbonyl (C=O) groups is 2. The van der Waals surface area contributed by atoms with Crippen LogP contribution in [0.15, 0.2) is 42.5 Å².